The van der Waals surface area contributed by atoms with Gasteiger partial charge >= 0.3 is 0 Å². The Labute approximate surface area is 307 Å². The van der Waals surface area contributed by atoms with Crippen LogP contribution in [-0.2, 0) is 0 Å². The van der Waals surface area contributed by atoms with Crippen molar-refractivity contribution in [2.24, 2.45) is 0 Å². The predicted octanol–water partition coefficient (Wildman–Crippen LogP) is 15.0. The molecule has 0 heterocycles. The molecule has 0 N–H and O–H groups in total. The second-order valence-corrected chi connectivity index (χ2v) is 14.5. The van der Waals surface area contributed by atoms with Gasteiger partial charge in [0.2, 0.25) is 0 Å². The maximum absolute atomic E-state index is 6.52. The van der Waals surface area contributed by atoms with Gasteiger partial charge in [-0.15, -0.1) is 0 Å². The van der Waals surface area contributed by atoms with Gasteiger partial charge in [-0.05, 0) is 62.1 Å². The molecule has 3 rings (SSSR count). The first-order valence-corrected chi connectivity index (χ1v) is 21.3. The lowest BCUT2D eigenvalue weighted by atomic mass is 10.0. The van der Waals surface area contributed by atoms with E-state index in [1.165, 1.54) is 128 Å². The second kappa shape index (κ2) is 27.1. The molecule has 0 aliphatic rings. The molecule has 0 amide bonds. The summed E-state index contributed by atoms with van der Waals surface area (Å²) in [6.45, 7) is 12.0. The van der Waals surface area contributed by atoms with Crippen LogP contribution in [0.3, 0.4) is 0 Å². The van der Waals surface area contributed by atoms with Gasteiger partial charge in [-0.2, -0.15) is 0 Å². The van der Waals surface area contributed by atoms with Crippen LogP contribution in [0.15, 0.2) is 36.4 Å². The molecule has 282 valence electrons. The lowest BCUT2D eigenvalue weighted by Crippen LogP contribution is -2.03. The standard InChI is InChI=1S/C46H74O4/c1-5-9-13-17-21-25-33-47-43-29-30-44(48-34-26-22-18-14-10-6-2)40-38-42-41(37-39(40)43)45(49-35-27-23-19-15-11-7-3)31-32-46(42)50-36-28-24-20-16-12-8-4/h29-32,37-38H,5-28,33-36H2,1-4H3. The van der Waals surface area contributed by atoms with Crippen molar-refractivity contribution >= 4 is 21.5 Å². The fourth-order valence-electron chi connectivity index (χ4n) is 6.84. The molecule has 0 saturated heterocycles. The average Bonchev–Trinajstić information content (AvgIpc) is 3.13. The monoisotopic (exact) mass is 691 g/mol. The topological polar surface area (TPSA) is 36.9 Å². The Bertz CT molecular complexity index is 1090. The van der Waals surface area contributed by atoms with E-state index in [2.05, 4.69) is 64.1 Å². The van der Waals surface area contributed by atoms with E-state index in [1.54, 1.807) is 0 Å². The third-order valence-electron chi connectivity index (χ3n) is 10.0. The highest BCUT2D eigenvalue weighted by Gasteiger charge is 2.16. The minimum Gasteiger partial charge on any atom is -0.493 e. The van der Waals surface area contributed by atoms with Crippen molar-refractivity contribution < 1.29 is 18.9 Å². The minimum atomic E-state index is 0.736. The summed E-state index contributed by atoms with van der Waals surface area (Å²) in [4.78, 5) is 0. The number of benzene rings is 3. The molecule has 0 bridgehead atoms. The van der Waals surface area contributed by atoms with Crippen molar-refractivity contribution in [1.29, 1.82) is 0 Å². The Morgan fingerprint density at radius 2 is 0.480 bits per heavy atom. The first-order chi connectivity index (χ1) is 24.7. The van der Waals surface area contributed by atoms with E-state index in [0.717, 1.165) is 96.7 Å². The highest BCUT2D eigenvalue weighted by molar-refractivity contribution is 6.07. The highest BCUT2D eigenvalue weighted by Crippen LogP contribution is 2.42. The molecular weight excluding hydrogens is 617 g/mol. The number of hydrogen-bond donors (Lipinski definition) is 0. The zero-order chi connectivity index (χ0) is 35.5. The number of unbranched alkanes of at least 4 members (excludes halogenated alkanes) is 20. The van der Waals surface area contributed by atoms with E-state index < -0.39 is 0 Å². The van der Waals surface area contributed by atoms with Crippen LogP contribution < -0.4 is 18.9 Å². The summed E-state index contributed by atoms with van der Waals surface area (Å²) < 4.78 is 26.1. The van der Waals surface area contributed by atoms with Crippen molar-refractivity contribution in [2.75, 3.05) is 26.4 Å². The van der Waals surface area contributed by atoms with E-state index in [1.807, 2.05) is 0 Å². The first-order valence-electron chi connectivity index (χ1n) is 21.3. The van der Waals surface area contributed by atoms with Crippen molar-refractivity contribution in [3.05, 3.63) is 36.4 Å². The number of hydrogen-bond acceptors (Lipinski definition) is 4. The lowest BCUT2D eigenvalue weighted by Gasteiger charge is -2.18. The molecule has 4 nitrogen and oxygen atoms in total. The summed E-state index contributed by atoms with van der Waals surface area (Å²) in [5.74, 6) is 3.73. The van der Waals surface area contributed by atoms with Crippen LogP contribution in [0.4, 0.5) is 0 Å². The molecular formula is C46H74O4. The summed E-state index contributed by atoms with van der Waals surface area (Å²) in [6, 6.07) is 13.1. The molecule has 0 spiro atoms. The Morgan fingerprint density at radius 1 is 0.280 bits per heavy atom. The third-order valence-corrected chi connectivity index (χ3v) is 10.0. The third kappa shape index (κ3) is 15.7. The average molecular weight is 691 g/mol. The van der Waals surface area contributed by atoms with Gasteiger partial charge in [-0.1, -0.05) is 156 Å². The normalized spacial score (nSPS) is 11.4. The smallest absolute Gasteiger partial charge is 0.127 e. The van der Waals surface area contributed by atoms with E-state index in [0.29, 0.717) is 0 Å². The van der Waals surface area contributed by atoms with Gasteiger partial charge in [0.25, 0.3) is 0 Å². The molecule has 50 heavy (non-hydrogen) atoms. The van der Waals surface area contributed by atoms with Crippen LogP contribution in [0.1, 0.15) is 182 Å². The summed E-state index contributed by atoms with van der Waals surface area (Å²) in [5, 5.41) is 4.39. The molecule has 0 saturated carbocycles. The molecule has 0 fully saturated rings. The predicted molar refractivity (Wildman–Crippen MR) is 217 cm³/mol. The van der Waals surface area contributed by atoms with E-state index in [4.69, 9.17) is 18.9 Å². The molecule has 4 heteroatoms. The fraction of sp³-hybridized carbons (Fsp3) is 0.696. The van der Waals surface area contributed by atoms with Crippen LogP contribution in [0, 0.1) is 0 Å². The number of fused-ring (bicyclic) bond motifs is 2. The van der Waals surface area contributed by atoms with E-state index in [9.17, 15) is 0 Å². The zero-order valence-electron chi connectivity index (χ0n) is 32.9. The summed E-state index contributed by atoms with van der Waals surface area (Å²) in [6.07, 6.45) is 30.0. The van der Waals surface area contributed by atoms with Gasteiger partial charge in [0.15, 0.2) is 0 Å². The molecule has 3 aromatic carbocycles. The van der Waals surface area contributed by atoms with Gasteiger partial charge < -0.3 is 18.9 Å². The first kappa shape index (κ1) is 41.8. The van der Waals surface area contributed by atoms with Gasteiger partial charge in [0.05, 0.1) is 26.4 Å². The molecule has 0 aliphatic heterocycles. The Morgan fingerprint density at radius 3 is 0.700 bits per heavy atom. The molecule has 0 atom stereocenters. The second-order valence-electron chi connectivity index (χ2n) is 14.5. The largest absolute Gasteiger partial charge is 0.493 e. The van der Waals surface area contributed by atoms with Crippen molar-refractivity contribution in [2.45, 2.75) is 182 Å². The summed E-state index contributed by atoms with van der Waals surface area (Å²) in [5.41, 5.74) is 0. The highest BCUT2D eigenvalue weighted by atomic mass is 16.5. The Hall–Kier alpha value is -2.62. The minimum absolute atomic E-state index is 0.736. The molecule has 0 aromatic heterocycles. The number of rotatable bonds is 32. The van der Waals surface area contributed by atoms with Crippen LogP contribution in [0.25, 0.3) is 21.5 Å². The van der Waals surface area contributed by atoms with Crippen molar-refractivity contribution in [1.82, 2.24) is 0 Å². The van der Waals surface area contributed by atoms with Crippen molar-refractivity contribution in [3.63, 3.8) is 0 Å². The van der Waals surface area contributed by atoms with E-state index >= 15 is 0 Å². The maximum Gasteiger partial charge on any atom is 0.127 e. The zero-order valence-corrected chi connectivity index (χ0v) is 32.9. The quantitative estimate of drug-likeness (QED) is 0.0483. The SMILES string of the molecule is CCCCCCCCOc1ccc(OCCCCCCCC)c2cc3c(OCCCCCCCC)ccc(OCCCCCCCC)c3cc12. The number of ether oxygens (including phenoxy) is 4. The van der Waals surface area contributed by atoms with Gasteiger partial charge in [0, 0.05) is 21.5 Å². The molecule has 3 aromatic rings. The van der Waals surface area contributed by atoms with Crippen molar-refractivity contribution in [3.8, 4) is 23.0 Å². The fourth-order valence-corrected chi connectivity index (χ4v) is 6.84. The van der Waals surface area contributed by atoms with Crippen LogP contribution in [0.5, 0.6) is 23.0 Å². The van der Waals surface area contributed by atoms with Gasteiger partial charge in [0.1, 0.15) is 23.0 Å². The molecule has 0 radical (unpaired) electrons. The van der Waals surface area contributed by atoms with Crippen LogP contribution in [0.2, 0.25) is 0 Å². The molecule has 0 aliphatic carbocycles. The summed E-state index contributed by atoms with van der Waals surface area (Å²) in [7, 11) is 0. The van der Waals surface area contributed by atoms with Gasteiger partial charge in [-0.25, -0.2) is 0 Å². The Balaban J connectivity index is 1.87. The Kier molecular flexibility index (Phi) is 22.6. The summed E-state index contributed by atoms with van der Waals surface area (Å²) >= 11 is 0. The van der Waals surface area contributed by atoms with Crippen LogP contribution in [-0.4, -0.2) is 26.4 Å². The van der Waals surface area contributed by atoms with E-state index in [-0.39, 0.29) is 0 Å². The van der Waals surface area contributed by atoms with Gasteiger partial charge in [-0.3, -0.25) is 0 Å². The lowest BCUT2D eigenvalue weighted by molar-refractivity contribution is 0.300. The molecule has 0 unspecified atom stereocenters. The maximum atomic E-state index is 6.52. The van der Waals surface area contributed by atoms with Crippen LogP contribution >= 0.6 is 0 Å².